The molecule has 1 N–H and O–H groups in total. The lowest BCUT2D eigenvalue weighted by Crippen LogP contribution is -2.12. The molecule has 0 saturated carbocycles. The Morgan fingerprint density at radius 3 is 2.58 bits per heavy atom. The first-order valence-electron chi connectivity index (χ1n) is 7.69. The summed E-state index contributed by atoms with van der Waals surface area (Å²) in [7, 11) is 0. The van der Waals surface area contributed by atoms with Crippen molar-refractivity contribution in [3.8, 4) is 5.75 Å². The summed E-state index contributed by atoms with van der Waals surface area (Å²) in [5, 5.41) is 3.23. The summed E-state index contributed by atoms with van der Waals surface area (Å²) in [6, 6.07) is 7.44. The third-order valence-corrected chi connectivity index (χ3v) is 4.63. The van der Waals surface area contributed by atoms with Crippen molar-refractivity contribution in [1.82, 2.24) is 0 Å². The van der Waals surface area contributed by atoms with Gasteiger partial charge in [-0.15, -0.1) is 11.3 Å². The van der Waals surface area contributed by atoms with Gasteiger partial charge in [0.25, 0.3) is 0 Å². The molecule has 0 aliphatic heterocycles. The highest BCUT2D eigenvalue weighted by atomic mass is 32.1. The highest BCUT2D eigenvalue weighted by molar-refractivity contribution is 7.16. The lowest BCUT2D eigenvalue weighted by atomic mass is 10.1. The maximum absolute atomic E-state index is 12.5. The number of nitrogens with one attached hydrogen (secondary N) is 1. The van der Waals surface area contributed by atoms with Crippen LogP contribution in [-0.4, -0.2) is 18.5 Å². The van der Waals surface area contributed by atoms with Crippen LogP contribution in [-0.2, 0) is 16.1 Å². The Labute approximate surface area is 145 Å². The van der Waals surface area contributed by atoms with Crippen LogP contribution >= 0.6 is 11.3 Å². The fourth-order valence-corrected chi connectivity index (χ4v) is 3.35. The number of carbonyl (C=O) groups excluding carboxylic acids is 2. The fraction of sp³-hybridized carbons (Fsp3) is 0.333. The van der Waals surface area contributed by atoms with E-state index in [-0.39, 0.29) is 12.5 Å². The Morgan fingerprint density at radius 2 is 1.92 bits per heavy atom. The predicted octanol–water partition coefficient (Wildman–Crippen LogP) is 4.08. The van der Waals surface area contributed by atoms with Crippen LogP contribution in [0.2, 0.25) is 0 Å². The number of hydrogen-bond acceptors (Lipinski definition) is 5. The van der Waals surface area contributed by atoms with Crippen LogP contribution in [0.1, 0.15) is 40.2 Å². The van der Waals surface area contributed by atoms with Crippen molar-refractivity contribution in [1.29, 1.82) is 0 Å². The molecule has 1 amide bonds. The molecule has 6 heteroatoms. The van der Waals surface area contributed by atoms with E-state index in [1.807, 2.05) is 45.0 Å². The van der Waals surface area contributed by atoms with Crippen LogP contribution in [0.4, 0.5) is 5.00 Å². The number of amides is 1. The van der Waals surface area contributed by atoms with E-state index >= 15 is 0 Å². The molecular formula is C18H21NO4S. The molecule has 0 fully saturated rings. The molecule has 0 saturated heterocycles. The highest BCUT2D eigenvalue weighted by Gasteiger charge is 2.22. The van der Waals surface area contributed by atoms with Gasteiger partial charge < -0.3 is 14.8 Å². The van der Waals surface area contributed by atoms with Crippen molar-refractivity contribution in [2.45, 2.75) is 34.3 Å². The van der Waals surface area contributed by atoms with Crippen molar-refractivity contribution in [2.24, 2.45) is 0 Å². The molecule has 24 heavy (non-hydrogen) atoms. The van der Waals surface area contributed by atoms with Gasteiger partial charge in [0.15, 0.2) is 0 Å². The molecule has 0 spiro atoms. The molecule has 0 radical (unpaired) electrons. The Morgan fingerprint density at radius 1 is 1.21 bits per heavy atom. The van der Waals surface area contributed by atoms with E-state index < -0.39 is 5.97 Å². The average molecular weight is 347 g/mol. The van der Waals surface area contributed by atoms with Gasteiger partial charge in [0.05, 0.1) is 12.2 Å². The Balaban J connectivity index is 2.18. The number of anilines is 1. The van der Waals surface area contributed by atoms with Crippen LogP contribution in [0.5, 0.6) is 5.75 Å². The van der Waals surface area contributed by atoms with Crippen molar-refractivity contribution in [3.63, 3.8) is 0 Å². The number of rotatable bonds is 6. The molecule has 0 atom stereocenters. The van der Waals surface area contributed by atoms with Gasteiger partial charge in [0, 0.05) is 17.4 Å². The molecule has 5 nitrogen and oxygen atoms in total. The molecule has 2 rings (SSSR count). The summed E-state index contributed by atoms with van der Waals surface area (Å²) in [5.41, 5.74) is 2.05. The molecular weight excluding hydrogens is 326 g/mol. The first-order valence-corrected chi connectivity index (χ1v) is 8.51. The molecule has 0 aliphatic carbocycles. The Kier molecular flexibility index (Phi) is 5.98. The number of ether oxygens (including phenoxy) is 2. The zero-order chi connectivity index (χ0) is 17.7. The van der Waals surface area contributed by atoms with Gasteiger partial charge in [0.1, 0.15) is 17.4 Å². The number of thiophene rings is 1. The number of carbonyl (C=O) groups is 2. The monoisotopic (exact) mass is 347 g/mol. The quantitative estimate of drug-likeness (QED) is 0.800. The summed E-state index contributed by atoms with van der Waals surface area (Å²) in [6.45, 7) is 7.73. The first kappa shape index (κ1) is 18.0. The number of esters is 1. The minimum Gasteiger partial charge on any atom is -0.493 e. The van der Waals surface area contributed by atoms with Crippen LogP contribution < -0.4 is 10.1 Å². The minimum absolute atomic E-state index is 0.114. The van der Waals surface area contributed by atoms with E-state index in [1.54, 1.807) is 0 Å². The Bertz CT molecular complexity index is 751. The first-order chi connectivity index (χ1) is 11.4. The van der Waals surface area contributed by atoms with E-state index in [9.17, 15) is 9.59 Å². The molecule has 1 aromatic carbocycles. The number of aryl methyl sites for hydroxylation is 1. The molecule has 0 bridgehead atoms. The van der Waals surface area contributed by atoms with Crippen molar-refractivity contribution in [2.75, 3.05) is 11.9 Å². The van der Waals surface area contributed by atoms with Crippen LogP contribution in [0.15, 0.2) is 24.3 Å². The number of para-hydroxylation sites is 1. The highest BCUT2D eigenvalue weighted by Crippen LogP contribution is 2.33. The van der Waals surface area contributed by atoms with Gasteiger partial charge >= 0.3 is 5.97 Å². The van der Waals surface area contributed by atoms with Crippen LogP contribution in [0, 0.1) is 13.8 Å². The molecule has 0 unspecified atom stereocenters. The predicted molar refractivity (Wildman–Crippen MR) is 94.8 cm³/mol. The molecule has 128 valence electrons. The van der Waals surface area contributed by atoms with Gasteiger partial charge in [-0.2, -0.15) is 0 Å². The smallest absolute Gasteiger partial charge is 0.341 e. The molecule has 1 heterocycles. The van der Waals surface area contributed by atoms with Gasteiger partial charge in [0.2, 0.25) is 5.91 Å². The molecule has 1 aromatic heterocycles. The largest absolute Gasteiger partial charge is 0.493 e. The van der Waals surface area contributed by atoms with Gasteiger partial charge in [-0.3, -0.25) is 4.79 Å². The van der Waals surface area contributed by atoms with E-state index in [4.69, 9.17) is 9.47 Å². The van der Waals surface area contributed by atoms with Crippen LogP contribution in [0.3, 0.4) is 0 Å². The third-order valence-electron chi connectivity index (χ3n) is 3.51. The fourth-order valence-electron chi connectivity index (χ4n) is 2.26. The zero-order valence-electron chi connectivity index (χ0n) is 14.3. The SMILES string of the molecule is CCOc1ccccc1COC(=O)c1c(NC(C)=O)sc(C)c1C. The zero-order valence-corrected chi connectivity index (χ0v) is 15.1. The second-order valence-electron chi connectivity index (χ2n) is 5.29. The number of hydrogen-bond donors (Lipinski definition) is 1. The second kappa shape index (κ2) is 7.97. The Hall–Kier alpha value is -2.34. The summed E-state index contributed by atoms with van der Waals surface area (Å²) in [5.74, 6) is 0.0343. The van der Waals surface area contributed by atoms with E-state index in [0.717, 1.165) is 16.0 Å². The molecule has 2 aromatic rings. The maximum Gasteiger partial charge on any atom is 0.341 e. The second-order valence-corrected chi connectivity index (χ2v) is 6.51. The normalized spacial score (nSPS) is 10.3. The topological polar surface area (TPSA) is 64.6 Å². The summed E-state index contributed by atoms with van der Waals surface area (Å²) in [6.07, 6.45) is 0. The minimum atomic E-state index is -0.452. The van der Waals surface area contributed by atoms with E-state index in [1.165, 1.54) is 18.3 Å². The lowest BCUT2D eigenvalue weighted by molar-refractivity contribution is -0.114. The van der Waals surface area contributed by atoms with Gasteiger partial charge in [-0.25, -0.2) is 4.79 Å². The standard InChI is InChI=1S/C18H21NO4S/c1-5-22-15-9-7-6-8-14(15)10-23-18(21)16-11(2)12(3)24-17(16)19-13(4)20/h6-9H,5,10H2,1-4H3,(H,19,20). The summed E-state index contributed by atoms with van der Waals surface area (Å²) in [4.78, 5) is 24.8. The van der Waals surface area contributed by atoms with E-state index in [2.05, 4.69) is 5.32 Å². The van der Waals surface area contributed by atoms with Gasteiger partial charge in [-0.05, 0) is 32.4 Å². The van der Waals surface area contributed by atoms with Crippen LogP contribution in [0.25, 0.3) is 0 Å². The average Bonchev–Trinajstić information content (AvgIpc) is 2.80. The van der Waals surface area contributed by atoms with E-state index in [0.29, 0.717) is 22.9 Å². The maximum atomic E-state index is 12.5. The molecule has 0 aliphatic rings. The van der Waals surface area contributed by atoms with Gasteiger partial charge in [-0.1, -0.05) is 18.2 Å². The van der Waals surface area contributed by atoms with Crippen molar-refractivity contribution < 1.29 is 19.1 Å². The van der Waals surface area contributed by atoms with Crippen molar-refractivity contribution in [3.05, 3.63) is 45.8 Å². The third kappa shape index (κ3) is 4.14. The van der Waals surface area contributed by atoms with Crippen molar-refractivity contribution >= 4 is 28.2 Å². The summed E-state index contributed by atoms with van der Waals surface area (Å²) >= 11 is 1.37. The number of benzene rings is 1. The summed E-state index contributed by atoms with van der Waals surface area (Å²) < 4.78 is 11.0. The lowest BCUT2D eigenvalue weighted by Gasteiger charge is -2.11.